The van der Waals surface area contributed by atoms with Crippen molar-refractivity contribution in [1.29, 1.82) is 0 Å². The second kappa shape index (κ2) is 14.0. The van der Waals surface area contributed by atoms with Crippen LogP contribution in [0, 0.1) is 0 Å². The average molecular weight is 355 g/mol. The fourth-order valence-corrected chi connectivity index (χ4v) is 2.30. The van der Waals surface area contributed by atoms with E-state index in [1.165, 1.54) is 0 Å². The summed E-state index contributed by atoms with van der Waals surface area (Å²) in [7, 11) is 0. The van der Waals surface area contributed by atoms with Gasteiger partial charge in [0.25, 0.3) is 0 Å². The van der Waals surface area contributed by atoms with Crippen molar-refractivity contribution in [2.75, 3.05) is 39.6 Å². The van der Waals surface area contributed by atoms with E-state index >= 15 is 0 Å². The maximum absolute atomic E-state index is 5.79. The number of benzene rings is 1. The zero-order valence-corrected chi connectivity index (χ0v) is 16.0. The minimum absolute atomic E-state index is 0.215. The van der Waals surface area contributed by atoms with Crippen LogP contribution in [0.1, 0.15) is 33.3 Å². The van der Waals surface area contributed by atoms with Gasteiger partial charge in [-0.25, -0.2) is 0 Å². The standard InChI is InChI=1S/C19H33NO5/c1-5-21-18(22-6-2)14-20-13-16-10-9-11-17(12-16)25-15-19(23-7-3)24-8-4/h9-12,18-20H,5-8,13-15H2,1-4H3. The smallest absolute Gasteiger partial charge is 0.191 e. The SMILES string of the molecule is CCOC(CNCc1cccc(OCC(OCC)OCC)c1)OCC. The summed E-state index contributed by atoms with van der Waals surface area (Å²) >= 11 is 0. The van der Waals surface area contributed by atoms with Crippen LogP contribution in [-0.2, 0) is 25.5 Å². The predicted molar refractivity (Wildman–Crippen MR) is 97.7 cm³/mol. The fourth-order valence-electron chi connectivity index (χ4n) is 2.30. The normalized spacial score (nSPS) is 11.4. The molecule has 1 aromatic carbocycles. The van der Waals surface area contributed by atoms with Crippen molar-refractivity contribution >= 4 is 0 Å². The van der Waals surface area contributed by atoms with Crippen molar-refractivity contribution in [2.45, 2.75) is 46.8 Å². The molecule has 0 aromatic heterocycles. The topological polar surface area (TPSA) is 58.2 Å². The van der Waals surface area contributed by atoms with E-state index in [9.17, 15) is 0 Å². The van der Waals surface area contributed by atoms with Crippen LogP contribution in [0.25, 0.3) is 0 Å². The molecule has 1 N–H and O–H groups in total. The molecule has 0 amide bonds. The van der Waals surface area contributed by atoms with Gasteiger partial charge in [0.1, 0.15) is 12.4 Å². The van der Waals surface area contributed by atoms with E-state index in [4.69, 9.17) is 23.7 Å². The Bertz CT molecular complexity index is 432. The highest BCUT2D eigenvalue weighted by Crippen LogP contribution is 2.14. The van der Waals surface area contributed by atoms with Crippen molar-refractivity contribution in [3.63, 3.8) is 0 Å². The molecule has 0 saturated carbocycles. The van der Waals surface area contributed by atoms with Crippen LogP contribution in [0.4, 0.5) is 0 Å². The first-order chi connectivity index (χ1) is 12.2. The van der Waals surface area contributed by atoms with Crippen LogP contribution in [0.3, 0.4) is 0 Å². The molecule has 6 nitrogen and oxygen atoms in total. The maximum atomic E-state index is 5.79. The molecule has 0 heterocycles. The highest BCUT2D eigenvalue weighted by molar-refractivity contribution is 5.28. The summed E-state index contributed by atoms with van der Waals surface area (Å²) in [6, 6.07) is 7.98. The van der Waals surface area contributed by atoms with Crippen molar-refractivity contribution in [3.8, 4) is 5.75 Å². The summed E-state index contributed by atoms with van der Waals surface area (Å²) in [4.78, 5) is 0. The molecule has 0 radical (unpaired) electrons. The van der Waals surface area contributed by atoms with Crippen LogP contribution in [0.15, 0.2) is 24.3 Å². The molecule has 0 unspecified atom stereocenters. The minimum Gasteiger partial charge on any atom is -0.488 e. The van der Waals surface area contributed by atoms with E-state index in [-0.39, 0.29) is 12.6 Å². The van der Waals surface area contributed by atoms with Crippen molar-refractivity contribution in [1.82, 2.24) is 5.32 Å². The highest BCUT2D eigenvalue weighted by Gasteiger charge is 2.10. The molecule has 0 aliphatic heterocycles. The summed E-state index contributed by atoms with van der Waals surface area (Å²) in [5, 5.41) is 3.35. The number of nitrogens with one attached hydrogen (secondary N) is 1. The molecule has 0 aliphatic carbocycles. The first kappa shape index (κ1) is 21.9. The lowest BCUT2D eigenvalue weighted by Gasteiger charge is -2.18. The molecular formula is C19H33NO5. The molecule has 6 heteroatoms. The number of hydrogen-bond acceptors (Lipinski definition) is 6. The van der Waals surface area contributed by atoms with Gasteiger partial charge in [-0.1, -0.05) is 12.1 Å². The molecule has 0 fully saturated rings. The van der Waals surface area contributed by atoms with Crippen LogP contribution in [0.2, 0.25) is 0 Å². The summed E-state index contributed by atoms with van der Waals surface area (Å²) < 4.78 is 27.8. The third-order valence-corrected chi connectivity index (χ3v) is 3.33. The quantitative estimate of drug-likeness (QED) is 0.488. The van der Waals surface area contributed by atoms with Gasteiger partial charge in [-0.2, -0.15) is 0 Å². The summed E-state index contributed by atoms with van der Waals surface area (Å²) in [6.45, 7) is 12.0. The van der Waals surface area contributed by atoms with Gasteiger partial charge in [-0.3, -0.25) is 0 Å². The Balaban J connectivity index is 2.43. The maximum Gasteiger partial charge on any atom is 0.191 e. The van der Waals surface area contributed by atoms with Crippen LogP contribution in [0.5, 0.6) is 5.75 Å². The van der Waals surface area contributed by atoms with Gasteiger partial charge in [0, 0.05) is 39.5 Å². The lowest BCUT2D eigenvalue weighted by Crippen LogP contribution is -2.31. The van der Waals surface area contributed by atoms with Gasteiger partial charge in [0.05, 0.1) is 0 Å². The van der Waals surface area contributed by atoms with E-state index in [2.05, 4.69) is 11.4 Å². The van der Waals surface area contributed by atoms with Crippen LogP contribution in [-0.4, -0.2) is 52.2 Å². The van der Waals surface area contributed by atoms with Gasteiger partial charge in [-0.05, 0) is 45.4 Å². The van der Waals surface area contributed by atoms with E-state index in [1.54, 1.807) is 0 Å². The first-order valence-corrected chi connectivity index (χ1v) is 9.12. The zero-order valence-electron chi connectivity index (χ0n) is 16.0. The molecule has 0 atom stereocenters. The van der Waals surface area contributed by atoms with E-state index in [0.717, 1.165) is 11.3 Å². The minimum atomic E-state index is -0.338. The van der Waals surface area contributed by atoms with E-state index < -0.39 is 0 Å². The fraction of sp³-hybridized carbons (Fsp3) is 0.684. The number of ether oxygens (including phenoxy) is 5. The Morgan fingerprint density at radius 3 is 2.04 bits per heavy atom. The molecule has 1 rings (SSSR count). The second-order valence-corrected chi connectivity index (χ2v) is 5.27. The number of rotatable bonds is 15. The lowest BCUT2D eigenvalue weighted by atomic mass is 10.2. The highest BCUT2D eigenvalue weighted by atomic mass is 16.7. The summed E-state index contributed by atoms with van der Waals surface area (Å²) in [6.07, 6.45) is -0.553. The van der Waals surface area contributed by atoms with E-state index in [1.807, 2.05) is 45.9 Å². The van der Waals surface area contributed by atoms with Gasteiger partial charge < -0.3 is 29.0 Å². The van der Waals surface area contributed by atoms with Crippen molar-refractivity contribution in [2.24, 2.45) is 0 Å². The molecule has 0 spiro atoms. The number of hydrogen-bond donors (Lipinski definition) is 1. The molecule has 25 heavy (non-hydrogen) atoms. The Hall–Kier alpha value is -1.18. The van der Waals surface area contributed by atoms with Gasteiger partial charge in [0.15, 0.2) is 12.6 Å². The molecule has 1 aromatic rings. The first-order valence-electron chi connectivity index (χ1n) is 9.12. The van der Waals surface area contributed by atoms with Gasteiger partial charge in [0.2, 0.25) is 0 Å². The molecule has 0 bridgehead atoms. The Morgan fingerprint density at radius 2 is 1.44 bits per heavy atom. The average Bonchev–Trinajstić information content (AvgIpc) is 2.61. The van der Waals surface area contributed by atoms with Crippen LogP contribution < -0.4 is 10.1 Å². The Kier molecular flexibility index (Phi) is 12.3. The summed E-state index contributed by atoms with van der Waals surface area (Å²) in [5.41, 5.74) is 1.13. The van der Waals surface area contributed by atoms with Gasteiger partial charge in [-0.15, -0.1) is 0 Å². The van der Waals surface area contributed by atoms with Gasteiger partial charge >= 0.3 is 0 Å². The largest absolute Gasteiger partial charge is 0.488 e. The van der Waals surface area contributed by atoms with E-state index in [0.29, 0.717) is 46.1 Å². The monoisotopic (exact) mass is 355 g/mol. The van der Waals surface area contributed by atoms with Crippen molar-refractivity contribution < 1.29 is 23.7 Å². The molecule has 144 valence electrons. The van der Waals surface area contributed by atoms with Crippen LogP contribution >= 0.6 is 0 Å². The summed E-state index contributed by atoms with van der Waals surface area (Å²) in [5.74, 6) is 0.801. The lowest BCUT2D eigenvalue weighted by molar-refractivity contribution is -0.152. The predicted octanol–water partition coefficient (Wildman–Crippen LogP) is 2.95. The van der Waals surface area contributed by atoms with Crippen molar-refractivity contribution in [3.05, 3.63) is 29.8 Å². The third kappa shape index (κ3) is 9.77. The molecular weight excluding hydrogens is 322 g/mol. The molecule has 0 saturated heterocycles. The molecule has 0 aliphatic rings. The zero-order chi connectivity index (χ0) is 18.3. The Labute approximate surface area is 151 Å². The Morgan fingerprint density at radius 1 is 0.840 bits per heavy atom. The second-order valence-electron chi connectivity index (χ2n) is 5.27. The third-order valence-electron chi connectivity index (χ3n) is 3.33.